The van der Waals surface area contributed by atoms with E-state index in [1.54, 1.807) is 6.92 Å². The lowest BCUT2D eigenvalue weighted by atomic mass is 9.93. The molecule has 2 N–H and O–H groups in total. The van der Waals surface area contributed by atoms with Crippen LogP contribution in [-0.2, 0) is 11.0 Å². The molecule has 0 radical (unpaired) electrons. The average molecular weight is 357 g/mol. The summed E-state index contributed by atoms with van der Waals surface area (Å²) >= 11 is 0. The predicted molar refractivity (Wildman–Crippen MR) is 92.4 cm³/mol. The van der Waals surface area contributed by atoms with Crippen molar-refractivity contribution < 1.29 is 18.0 Å². The minimum absolute atomic E-state index is 0.176. The van der Waals surface area contributed by atoms with Crippen LogP contribution in [0.2, 0.25) is 0 Å². The van der Waals surface area contributed by atoms with Crippen molar-refractivity contribution in [3.05, 3.63) is 29.8 Å². The second kappa shape index (κ2) is 8.67. The molecule has 1 fully saturated rings. The zero-order valence-electron chi connectivity index (χ0n) is 14.7. The topological polar surface area (TPSA) is 44.4 Å². The largest absolute Gasteiger partial charge is 0.416 e. The molecule has 1 atom stereocenters. The van der Waals surface area contributed by atoms with Crippen LogP contribution in [0.1, 0.15) is 31.7 Å². The van der Waals surface area contributed by atoms with Crippen molar-refractivity contribution in [3.8, 4) is 0 Å². The molecule has 1 aliphatic rings. The molecule has 1 saturated heterocycles. The first-order chi connectivity index (χ1) is 11.8. The number of nitrogens with one attached hydrogen (secondary N) is 2. The molecule has 1 aromatic carbocycles. The van der Waals surface area contributed by atoms with Crippen molar-refractivity contribution in [1.29, 1.82) is 0 Å². The normalized spacial score (nSPS) is 18.1. The zero-order chi connectivity index (χ0) is 18.4. The SMILES string of the molecule is CNCCC1CCN(C(C)C(=O)Nc2cccc(C(F)(F)F)c2)CC1. The Morgan fingerprint density at radius 3 is 2.60 bits per heavy atom. The van der Waals surface area contributed by atoms with Crippen molar-refractivity contribution in [1.82, 2.24) is 10.2 Å². The number of hydrogen-bond acceptors (Lipinski definition) is 3. The summed E-state index contributed by atoms with van der Waals surface area (Å²) in [7, 11) is 1.94. The summed E-state index contributed by atoms with van der Waals surface area (Å²) in [6.45, 7) is 4.48. The van der Waals surface area contributed by atoms with Gasteiger partial charge in [-0.05, 0) is 77.0 Å². The Bertz CT molecular complexity index is 569. The Balaban J connectivity index is 1.89. The number of nitrogens with zero attached hydrogens (tertiary/aromatic N) is 1. The maximum atomic E-state index is 12.8. The molecule has 1 aliphatic heterocycles. The van der Waals surface area contributed by atoms with E-state index >= 15 is 0 Å². The van der Waals surface area contributed by atoms with Crippen LogP contribution in [0.4, 0.5) is 18.9 Å². The lowest BCUT2D eigenvalue weighted by molar-refractivity contribution is -0.137. The maximum absolute atomic E-state index is 12.8. The highest BCUT2D eigenvalue weighted by atomic mass is 19.4. The van der Waals surface area contributed by atoms with E-state index < -0.39 is 11.7 Å². The van der Waals surface area contributed by atoms with Crippen molar-refractivity contribution >= 4 is 11.6 Å². The third-order valence-corrected chi connectivity index (χ3v) is 4.84. The van der Waals surface area contributed by atoms with Gasteiger partial charge in [-0.3, -0.25) is 9.69 Å². The number of rotatable bonds is 6. The number of likely N-dealkylation sites (tertiary alicyclic amines) is 1. The highest BCUT2D eigenvalue weighted by molar-refractivity contribution is 5.94. The van der Waals surface area contributed by atoms with Gasteiger partial charge >= 0.3 is 6.18 Å². The highest BCUT2D eigenvalue weighted by Crippen LogP contribution is 2.30. The third-order valence-electron chi connectivity index (χ3n) is 4.84. The fourth-order valence-corrected chi connectivity index (χ4v) is 3.16. The molecule has 0 aliphatic carbocycles. The van der Waals surface area contributed by atoms with Gasteiger partial charge in [-0.25, -0.2) is 0 Å². The molecule has 0 bridgehead atoms. The lowest BCUT2D eigenvalue weighted by Crippen LogP contribution is -2.46. The maximum Gasteiger partial charge on any atom is 0.416 e. The van der Waals surface area contributed by atoms with Crippen LogP contribution in [0.25, 0.3) is 0 Å². The van der Waals surface area contributed by atoms with Gasteiger partial charge in [-0.15, -0.1) is 0 Å². The van der Waals surface area contributed by atoms with E-state index in [9.17, 15) is 18.0 Å². The van der Waals surface area contributed by atoms with Crippen molar-refractivity contribution in [2.75, 3.05) is 32.0 Å². The van der Waals surface area contributed by atoms with Gasteiger partial charge in [0.25, 0.3) is 0 Å². The summed E-state index contributed by atoms with van der Waals surface area (Å²) in [4.78, 5) is 14.5. The Morgan fingerprint density at radius 2 is 2.00 bits per heavy atom. The number of hydrogen-bond donors (Lipinski definition) is 2. The van der Waals surface area contributed by atoms with E-state index in [0.29, 0.717) is 5.92 Å². The van der Waals surface area contributed by atoms with Crippen LogP contribution in [0.15, 0.2) is 24.3 Å². The van der Waals surface area contributed by atoms with Crippen molar-refractivity contribution in [3.63, 3.8) is 0 Å². The van der Waals surface area contributed by atoms with Gasteiger partial charge in [0.15, 0.2) is 0 Å². The minimum atomic E-state index is -4.42. The number of benzene rings is 1. The van der Waals surface area contributed by atoms with Crippen LogP contribution in [0, 0.1) is 5.92 Å². The summed E-state index contributed by atoms with van der Waals surface area (Å²) in [5, 5.41) is 5.76. The second-order valence-electron chi connectivity index (χ2n) is 6.62. The van der Waals surface area contributed by atoms with Crippen molar-refractivity contribution in [2.24, 2.45) is 5.92 Å². The molecule has 1 aromatic rings. The van der Waals surface area contributed by atoms with Crippen LogP contribution in [-0.4, -0.2) is 43.5 Å². The molecule has 1 unspecified atom stereocenters. The quantitative estimate of drug-likeness (QED) is 0.821. The third kappa shape index (κ3) is 5.71. The summed E-state index contributed by atoms with van der Waals surface area (Å²) in [5.41, 5.74) is -0.584. The molecular formula is C18H26F3N3O. The van der Waals surface area contributed by atoms with E-state index in [0.717, 1.165) is 51.0 Å². The number of piperidine rings is 1. The van der Waals surface area contributed by atoms with E-state index in [1.807, 2.05) is 7.05 Å². The zero-order valence-corrected chi connectivity index (χ0v) is 14.7. The van der Waals surface area contributed by atoms with Gasteiger partial charge in [-0.2, -0.15) is 13.2 Å². The Labute approximate surface area is 146 Å². The van der Waals surface area contributed by atoms with Crippen molar-refractivity contribution in [2.45, 2.75) is 38.4 Å². The van der Waals surface area contributed by atoms with Gasteiger partial charge in [-0.1, -0.05) is 6.07 Å². The van der Waals surface area contributed by atoms with Gasteiger partial charge in [0.1, 0.15) is 0 Å². The van der Waals surface area contributed by atoms with Gasteiger partial charge in [0, 0.05) is 5.69 Å². The first kappa shape index (κ1) is 19.7. The molecular weight excluding hydrogens is 331 g/mol. The fraction of sp³-hybridized carbons (Fsp3) is 0.611. The molecule has 4 nitrogen and oxygen atoms in total. The standard InChI is InChI=1S/C18H26F3N3O/c1-13(24-10-7-14(8-11-24)6-9-22-2)17(25)23-16-5-3-4-15(12-16)18(19,20)21/h3-5,12-14,22H,6-11H2,1-2H3,(H,23,25). The number of amides is 1. The van der Waals surface area contributed by atoms with Crippen LogP contribution in [0.3, 0.4) is 0 Å². The first-order valence-electron chi connectivity index (χ1n) is 8.68. The van der Waals surface area contributed by atoms with Crippen LogP contribution < -0.4 is 10.6 Å². The molecule has 1 heterocycles. The minimum Gasteiger partial charge on any atom is -0.325 e. The number of carbonyl (C=O) groups is 1. The highest BCUT2D eigenvalue weighted by Gasteiger charge is 2.31. The Morgan fingerprint density at radius 1 is 1.32 bits per heavy atom. The number of anilines is 1. The van der Waals surface area contributed by atoms with Gasteiger partial charge < -0.3 is 10.6 Å². The molecule has 7 heteroatoms. The summed E-state index contributed by atoms with van der Waals surface area (Å²) in [5.74, 6) is 0.399. The fourth-order valence-electron chi connectivity index (χ4n) is 3.16. The predicted octanol–water partition coefficient (Wildman–Crippen LogP) is 3.35. The summed E-state index contributed by atoms with van der Waals surface area (Å²) in [6, 6.07) is 4.38. The number of carbonyl (C=O) groups excluding carboxylic acids is 1. The van der Waals surface area contributed by atoms with E-state index in [4.69, 9.17) is 0 Å². The Hall–Kier alpha value is -1.60. The lowest BCUT2D eigenvalue weighted by Gasteiger charge is -2.35. The van der Waals surface area contributed by atoms with Crippen LogP contribution >= 0.6 is 0 Å². The monoisotopic (exact) mass is 357 g/mol. The molecule has 0 saturated carbocycles. The molecule has 0 spiro atoms. The van der Waals surface area contributed by atoms with Gasteiger partial charge in [0.2, 0.25) is 5.91 Å². The molecule has 1 amide bonds. The van der Waals surface area contributed by atoms with E-state index in [1.165, 1.54) is 12.1 Å². The summed E-state index contributed by atoms with van der Waals surface area (Å²) < 4.78 is 38.3. The number of alkyl halides is 3. The van der Waals surface area contributed by atoms with Gasteiger partial charge in [0.05, 0.1) is 11.6 Å². The van der Waals surface area contributed by atoms with E-state index in [2.05, 4.69) is 15.5 Å². The molecule has 0 aromatic heterocycles. The Kier molecular flexibility index (Phi) is 6.84. The average Bonchev–Trinajstić information content (AvgIpc) is 2.59. The molecule has 2 rings (SSSR count). The first-order valence-corrected chi connectivity index (χ1v) is 8.68. The molecule has 140 valence electrons. The molecule has 25 heavy (non-hydrogen) atoms. The van der Waals surface area contributed by atoms with E-state index in [-0.39, 0.29) is 17.6 Å². The second-order valence-corrected chi connectivity index (χ2v) is 6.62. The smallest absolute Gasteiger partial charge is 0.325 e. The van der Waals surface area contributed by atoms with Crippen LogP contribution in [0.5, 0.6) is 0 Å². The summed E-state index contributed by atoms with van der Waals surface area (Å²) in [6.07, 6.45) is -1.19. The number of halogens is 3.